The summed E-state index contributed by atoms with van der Waals surface area (Å²) >= 11 is 0. The largest absolute Gasteiger partial charge is 0.481 e. The third-order valence-electron chi connectivity index (χ3n) is 6.75. The van der Waals surface area contributed by atoms with Crippen LogP contribution in [-0.4, -0.2) is 53.7 Å². The monoisotopic (exact) mass is 450 g/mol. The number of amides is 2. The fourth-order valence-corrected chi connectivity index (χ4v) is 5.01. The number of rotatable bonds is 7. The number of nitrogens with one attached hydrogen (secondary N) is 1. The van der Waals surface area contributed by atoms with Crippen LogP contribution in [0.4, 0.5) is 4.79 Å². The second-order valence-corrected chi connectivity index (χ2v) is 9.21. The van der Waals surface area contributed by atoms with Crippen LogP contribution in [0.2, 0.25) is 0 Å². The summed E-state index contributed by atoms with van der Waals surface area (Å²) in [6, 6.07) is 15.9. The van der Waals surface area contributed by atoms with Crippen molar-refractivity contribution < 1.29 is 24.2 Å². The van der Waals surface area contributed by atoms with Crippen LogP contribution in [0.3, 0.4) is 0 Å². The first-order chi connectivity index (χ1) is 15.8. The molecule has 7 heteroatoms. The van der Waals surface area contributed by atoms with E-state index in [0.29, 0.717) is 13.1 Å². The Morgan fingerprint density at radius 2 is 1.67 bits per heavy atom. The van der Waals surface area contributed by atoms with E-state index in [1.165, 1.54) is 11.1 Å². The van der Waals surface area contributed by atoms with Crippen molar-refractivity contribution in [2.75, 3.05) is 19.7 Å². The lowest BCUT2D eigenvalue weighted by atomic mass is 9.95. The van der Waals surface area contributed by atoms with Gasteiger partial charge in [0.1, 0.15) is 6.61 Å². The fraction of sp³-hybridized carbons (Fsp3) is 0.423. The first-order valence-electron chi connectivity index (χ1n) is 11.4. The number of hydrogen-bond donors (Lipinski definition) is 2. The van der Waals surface area contributed by atoms with Gasteiger partial charge in [-0.25, -0.2) is 4.79 Å². The van der Waals surface area contributed by atoms with Crippen LogP contribution in [0.5, 0.6) is 0 Å². The Morgan fingerprint density at radius 3 is 2.27 bits per heavy atom. The van der Waals surface area contributed by atoms with Crippen LogP contribution in [0, 0.1) is 11.8 Å². The third-order valence-corrected chi connectivity index (χ3v) is 6.75. The van der Waals surface area contributed by atoms with Gasteiger partial charge in [0.15, 0.2) is 0 Å². The van der Waals surface area contributed by atoms with Crippen molar-refractivity contribution in [3.8, 4) is 11.1 Å². The Bertz CT molecular complexity index is 1010. The van der Waals surface area contributed by atoms with Gasteiger partial charge in [0.2, 0.25) is 5.91 Å². The zero-order valence-corrected chi connectivity index (χ0v) is 19.0. The van der Waals surface area contributed by atoms with E-state index in [1.54, 1.807) is 11.8 Å². The highest BCUT2D eigenvalue weighted by Crippen LogP contribution is 2.44. The van der Waals surface area contributed by atoms with Crippen molar-refractivity contribution >= 4 is 18.0 Å². The third kappa shape index (κ3) is 5.02. The van der Waals surface area contributed by atoms with Gasteiger partial charge in [-0.15, -0.1) is 0 Å². The Labute approximate surface area is 193 Å². The van der Waals surface area contributed by atoms with Gasteiger partial charge in [0.25, 0.3) is 0 Å². The number of carbonyl (C=O) groups is 3. The van der Waals surface area contributed by atoms with Crippen molar-refractivity contribution in [3.63, 3.8) is 0 Å². The van der Waals surface area contributed by atoms with E-state index in [2.05, 4.69) is 29.6 Å². The van der Waals surface area contributed by atoms with E-state index >= 15 is 0 Å². The molecule has 7 nitrogen and oxygen atoms in total. The molecule has 0 aromatic heterocycles. The molecule has 2 N–H and O–H groups in total. The number of carboxylic acids is 1. The second kappa shape index (κ2) is 9.65. The average molecular weight is 451 g/mol. The summed E-state index contributed by atoms with van der Waals surface area (Å²) in [6.07, 6.45) is -0.328. The van der Waals surface area contributed by atoms with Gasteiger partial charge in [0.05, 0.1) is 6.42 Å². The minimum absolute atomic E-state index is 0.0163. The summed E-state index contributed by atoms with van der Waals surface area (Å²) in [5, 5.41) is 11.8. The number of hydrogen-bond acceptors (Lipinski definition) is 4. The molecule has 1 heterocycles. The quantitative estimate of drug-likeness (QED) is 0.668. The molecule has 3 atom stereocenters. The SMILES string of the molecule is C[C@H](CC(=O)N1C[C@@H](CC(=O)O)[C@H](C)C1)NC(=O)OCC1c2ccccc2-c2ccccc21. The van der Waals surface area contributed by atoms with Crippen LogP contribution in [0.1, 0.15) is 43.7 Å². The predicted octanol–water partition coefficient (Wildman–Crippen LogP) is 3.87. The first kappa shape index (κ1) is 22.8. The molecule has 2 aromatic rings. The molecular formula is C26H30N2O5. The number of carboxylic acid groups (broad SMARTS) is 1. The van der Waals surface area contributed by atoms with Crippen LogP contribution in [0.15, 0.2) is 48.5 Å². The summed E-state index contributed by atoms with van der Waals surface area (Å²) in [4.78, 5) is 37.8. The molecule has 0 radical (unpaired) electrons. The van der Waals surface area contributed by atoms with Gasteiger partial charge in [0, 0.05) is 31.5 Å². The van der Waals surface area contributed by atoms with Crippen LogP contribution in [0.25, 0.3) is 11.1 Å². The molecule has 0 bridgehead atoms. The van der Waals surface area contributed by atoms with Gasteiger partial charge in [-0.2, -0.15) is 0 Å². The van der Waals surface area contributed by atoms with Gasteiger partial charge in [-0.3, -0.25) is 9.59 Å². The lowest BCUT2D eigenvalue weighted by Crippen LogP contribution is -2.39. The molecular weight excluding hydrogens is 420 g/mol. The lowest BCUT2D eigenvalue weighted by molar-refractivity contribution is -0.138. The van der Waals surface area contributed by atoms with Gasteiger partial charge in [-0.05, 0) is 41.0 Å². The lowest BCUT2D eigenvalue weighted by Gasteiger charge is -2.20. The molecule has 1 aliphatic heterocycles. The van der Waals surface area contributed by atoms with Crippen molar-refractivity contribution in [2.45, 2.75) is 38.6 Å². The van der Waals surface area contributed by atoms with Crippen LogP contribution < -0.4 is 5.32 Å². The summed E-state index contributed by atoms with van der Waals surface area (Å²) < 4.78 is 5.56. The molecule has 0 unspecified atom stereocenters. The van der Waals surface area contributed by atoms with Crippen LogP contribution >= 0.6 is 0 Å². The standard InChI is InChI=1S/C26H30N2O5/c1-16-13-28(14-18(16)12-25(30)31)24(29)11-17(2)27-26(32)33-15-23-21-9-5-3-7-19(21)20-8-4-6-10-22(20)23/h3-10,16-18,23H,11-15H2,1-2H3,(H,27,32)(H,30,31)/t16-,17-,18-/m1/s1. The molecule has 1 saturated heterocycles. The van der Waals surface area contributed by atoms with E-state index in [4.69, 9.17) is 9.84 Å². The van der Waals surface area contributed by atoms with Gasteiger partial charge in [-0.1, -0.05) is 55.5 Å². The highest BCUT2D eigenvalue weighted by Gasteiger charge is 2.34. The number of ether oxygens (including phenoxy) is 1. The van der Waals surface area contributed by atoms with Crippen LogP contribution in [-0.2, 0) is 14.3 Å². The van der Waals surface area contributed by atoms with E-state index in [1.807, 2.05) is 31.2 Å². The normalized spacial score (nSPS) is 20.1. The number of benzene rings is 2. The minimum atomic E-state index is -0.841. The number of fused-ring (bicyclic) bond motifs is 3. The van der Waals surface area contributed by atoms with Gasteiger partial charge >= 0.3 is 12.1 Å². The molecule has 0 spiro atoms. The smallest absolute Gasteiger partial charge is 0.407 e. The Hall–Kier alpha value is -3.35. The summed E-state index contributed by atoms with van der Waals surface area (Å²) in [5.74, 6) is -0.822. The number of carbonyl (C=O) groups excluding carboxylic acids is 2. The van der Waals surface area contributed by atoms with E-state index in [9.17, 15) is 14.4 Å². The minimum Gasteiger partial charge on any atom is -0.481 e. The van der Waals surface area contributed by atoms with Crippen molar-refractivity contribution in [2.24, 2.45) is 11.8 Å². The van der Waals surface area contributed by atoms with Gasteiger partial charge < -0.3 is 20.1 Å². The zero-order chi connectivity index (χ0) is 23.5. The maximum Gasteiger partial charge on any atom is 0.407 e. The molecule has 33 heavy (non-hydrogen) atoms. The van der Waals surface area contributed by atoms with Crippen molar-refractivity contribution in [3.05, 3.63) is 59.7 Å². The van der Waals surface area contributed by atoms with E-state index < -0.39 is 12.1 Å². The average Bonchev–Trinajstić information content (AvgIpc) is 3.29. The van der Waals surface area contributed by atoms with E-state index in [-0.39, 0.29) is 49.2 Å². The topological polar surface area (TPSA) is 95.9 Å². The molecule has 2 amide bonds. The number of aliphatic carboxylic acids is 1. The Morgan fingerprint density at radius 1 is 1.06 bits per heavy atom. The Kier molecular flexibility index (Phi) is 6.67. The molecule has 4 rings (SSSR count). The summed E-state index contributed by atoms with van der Waals surface area (Å²) in [6.45, 7) is 4.96. The molecule has 1 aliphatic carbocycles. The maximum atomic E-state index is 12.6. The van der Waals surface area contributed by atoms with Crippen molar-refractivity contribution in [1.82, 2.24) is 10.2 Å². The number of alkyl carbamates (subject to hydrolysis) is 1. The molecule has 0 saturated carbocycles. The first-order valence-corrected chi connectivity index (χ1v) is 11.4. The molecule has 2 aromatic carbocycles. The maximum absolute atomic E-state index is 12.6. The van der Waals surface area contributed by atoms with Crippen molar-refractivity contribution in [1.29, 1.82) is 0 Å². The fourth-order valence-electron chi connectivity index (χ4n) is 5.01. The predicted molar refractivity (Wildman–Crippen MR) is 124 cm³/mol. The highest BCUT2D eigenvalue weighted by molar-refractivity contribution is 5.80. The Balaban J connectivity index is 1.28. The highest BCUT2D eigenvalue weighted by atomic mass is 16.5. The number of likely N-dealkylation sites (tertiary alicyclic amines) is 1. The molecule has 1 fully saturated rings. The number of nitrogens with zero attached hydrogens (tertiary/aromatic N) is 1. The zero-order valence-electron chi connectivity index (χ0n) is 19.0. The second-order valence-electron chi connectivity index (χ2n) is 9.21. The molecule has 174 valence electrons. The van der Waals surface area contributed by atoms with E-state index in [0.717, 1.165) is 11.1 Å². The molecule has 2 aliphatic rings. The summed E-state index contributed by atoms with van der Waals surface area (Å²) in [5.41, 5.74) is 4.63. The summed E-state index contributed by atoms with van der Waals surface area (Å²) in [7, 11) is 0.